The van der Waals surface area contributed by atoms with Gasteiger partial charge >= 0.3 is 0 Å². The molecule has 1 atom stereocenters. The molecule has 4 nitrogen and oxygen atoms in total. The number of benzene rings is 2. The topological polar surface area (TPSA) is 50.4 Å². The van der Waals surface area contributed by atoms with Crippen LogP contribution in [-0.2, 0) is 4.79 Å². The van der Waals surface area contributed by atoms with Crippen LogP contribution in [0.5, 0.6) is 11.5 Å². The summed E-state index contributed by atoms with van der Waals surface area (Å²) in [6, 6.07) is 15.4. The highest BCUT2D eigenvalue weighted by Gasteiger charge is 2.22. The first-order valence-electron chi connectivity index (χ1n) is 7.57. The van der Waals surface area contributed by atoms with Crippen molar-refractivity contribution >= 4 is 24.0 Å². The summed E-state index contributed by atoms with van der Waals surface area (Å²) < 4.78 is 5.77. The molecule has 0 aliphatic carbocycles. The van der Waals surface area contributed by atoms with E-state index in [-0.39, 0.29) is 24.2 Å². The number of hydrogen-bond donors (Lipinski definition) is 2. The number of carbonyl (C=O) groups excluding carboxylic acids is 1. The van der Waals surface area contributed by atoms with Gasteiger partial charge in [0.05, 0.1) is 5.92 Å². The number of rotatable bonds is 4. The Balaban J connectivity index is 0.00000192. The van der Waals surface area contributed by atoms with Crippen LogP contribution in [0.1, 0.15) is 12.0 Å². The van der Waals surface area contributed by atoms with Gasteiger partial charge in [0.15, 0.2) is 0 Å². The van der Waals surface area contributed by atoms with Gasteiger partial charge in [0.2, 0.25) is 5.91 Å². The van der Waals surface area contributed by atoms with Crippen molar-refractivity contribution in [2.75, 3.05) is 18.4 Å². The lowest BCUT2D eigenvalue weighted by molar-refractivity contribution is -0.119. The van der Waals surface area contributed by atoms with Crippen LogP contribution >= 0.6 is 12.4 Å². The first-order valence-corrected chi connectivity index (χ1v) is 7.57. The number of ether oxygens (including phenoxy) is 1. The fourth-order valence-electron chi connectivity index (χ4n) is 2.47. The molecular weight excluding hydrogens is 312 g/mol. The molecular formula is C18H21ClN2O2. The molecule has 1 saturated heterocycles. The quantitative estimate of drug-likeness (QED) is 0.896. The normalized spacial score (nSPS) is 16.5. The third-order valence-electron chi connectivity index (χ3n) is 3.81. The lowest BCUT2D eigenvalue weighted by atomic mass is 10.1. The van der Waals surface area contributed by atoms with E-state index in [9.17, 15) is 4.79 Å². The van der Waals surface area contributed by atoms with Gasteiger partial charge in [-0.1, -0.05) is 17.7 Å². The minimum atomic E-state index is 0. The summed E-state index contributed by atoms with van der Waals surface area (Å²) in [4.78, 5) is 12.0. The summed E-state index contributed by atoms with van der Waals surface area (Å²) in [7, 11) is 0. The Kier molecular flexibility index (Phi) is 6.02. The molecule has 1 amide bonds. The van der Waals surface area contributed by atoms with Crippen molar-refractivity contribution in [3.05, 3.63) is 54.1 Å². The van der Waals surface area contributed by atoms with Crippen molar-refractivity contribution in [2.24, 2.45) is 5.92 Å². The monoisotopic (exact) mass is 332 g/mol. The predicted octanol–water partition coefficient (Wildman–Crippen LogP) is 3.76. The number of anilines is 1. The van der Waals surface area contributed by atoms with Gasteiger partial charge in [-0.25, -0.2) is 0 Å². The maximum absolute atomic E-state index is 12.0. The van der Waals surface area contributed by atoms with Gasteiger partial charge in [0.1, 0.15) is 11.5 Å². The molecule has 0 bridgehead atoms. The molecule has 0 aromatic heterocycles. The van der Waals surface area contributed by atoms with E-state index in [4.69, 9.17) is 4.74 Å². The van der Waals surface area contributed by atoms with Crippen LogP contribution in [0.25, 0.3) is 0 Å². The zero-order valence-electron chi connectivity index (χ0n) is 13.0. The summed E-state index contributed by atoms with van der Waals surface area (Å²) in [6.07, 6.45) is 0.903. The Bertz CT molecular complexity index is 635. The van der Waals surface area contributed by atoms with Crippen molar-refractivity contribution in [3.63, 3.8) is 0 Å². The molecule has 1 aliphatic rings. The molecule has 23 heavy (non-hydrogen) atoms. The van der Waals surface area contributed by atoms with E-state index < -0.39 is 0 Å². The van der Waals surface area contributed by atoms with Gasteiger partial charge in [-0.15, -0.1) is 12.4 Å². The van der Waals surface area contributed by atoms with Crippen molar-refractivity contribution in [3.8, 4) is 11.5 Å². The molecule has 3 rings (SSSR count). The van der Waals surface area contributed by atoms with Crippen molar-refractivity contribution in [2.45, 2.75) is 13.3 Å². The summed E-state index contributed by atoms with van der Waals surface area (Å²) >= 11 is 0. The molecule has 0 saturated carbocycles. The van der Waals surface area contributed by atoms with Crippen molar-refractivity contribution < 1.29 is 9.53 Å². The van der Waals surface area contributed by atoms with Crippen LogP contribution < -0.4 is 15.4 Å². The third kappa shape index (κ3) is 4.71. The molecule has 122 valence electrons. The van der Waals surface area contributed by atoms with E-state index in [1.54, 1.807) is 0 Å². The first-order chi connectivity index (χ1) is 10.7. The van der Waals surface area contributed by atoms with Gasteiger partial charge in [-0.2, -0.15) is 0 Å². The number of halogens is 1. The largest absolute Gasteiger partial charge is 0.457 e. The van der Waals surface area contributed by atoms with E-state index in [2.05, 4.69) is 10.6 Å². The second-order valence-corrected chi connectivity index (χ2v) is 5.62. The zero-order chi connectivity index (χ0) is 15.4. The van der Waals surface area contributed by atoms with Crippen LogP contribution in [0.3, 0.4) is 0 Å². The Hall–Kier alpha value is -2.04. The molecule has 0 radical (unpaired) electrons. The Morgan fingerprint density at radius 3 is 2.26 bits per heavy atom. The predicted molar refractivity (Wildman–Crippen MR) is 94.5 cm³/mol. The van der Waals surface area contributed by atoms with E-state index in [0.29, 0.717) is 0 Å². The van der Waals surface area contributed by atoms with Crippen LogP contribution in [-0.4, -0.2) is 19.0 Å². The van der Waals surface area contributed by atoms with Gasteiger partial charge < -0.3 is 15.4 Å². The summed E-state index contributed by atoms with van der Waals surface area (Å²) in [5.74, 6) is 1.71. The molecule has 0 spiro atoms. The Labute approximate surface area is 142 Å². The average molecular weight is 333 g/mol. The van der Waals surface area contributed by atoms with Crippen LogP contribution in [0.2, 0.25) is 0 Å². The second-order valence-electron chi connectivity index (χ2n) is 5.62. The first kappa shape index (κ1) is 17.3. The van der Waals surface area contributed by atoms with Gasteiger partial charge in [-0.05, 0) is 56.3 Å². The molecule has 5 heteroatoms. The summed E-state index contributed by atoms with van der Waals surface area (Å²) in [5.41, 5.74) is 2.00. The number of nitrogens with one attached hydrogen (secondary N) is 2. The second kappa shape index (κ2) is 7.99. The number of aryl methyl sites for hydroxylation is 1. The van der Waals surface area contributed by atoms with Crippen LogP contribution in [0, 0.1) is 12.8 Å². The zero-order valence-corrected chi connectivity index (χ0v) is 13.9. The lowest BCUT2D eigenvalue weighted by Gasteiger charge is -2.11. The molecule has 2 N–H and O–H groups in total. The Morgan fingerprint density at radius 1 is 1.09 bits per heavy atom. The van der Waals surface area contributed by atoms with E-state index in [0.717, 1.165) is 36.7 Å². The van der Waals surface area contributed by atoms with E-state index >= 15 is 0 Å². The van der Waals surface area contributed by atoms with Crippen LogP contribution in [0.4, 0.5) is 5.69 Å². The highest BCUT2D eigenvalue weighted by atomic mass is 35.5. The van der Waals surface area contributed by atoms with Crippen LogP contribution in [0.15, 0.2) is 48.5 Å². The van der Waals surface area contributed by atoms with E-state index in [1.165, 1.54) is 5.56 Å². The Morgan fingerprint density at radius 2 is 1.70 bits per heavy atom. The molecule has 2 aromatic carbocycles. The number of amides is 1. The van der Waals surface area contributed by atoms with Gasteiger partial charge in [-0.3, -0.25) is 4.79 Å². The molecule has 1 heterocycles. The standard InChI is InChI=1S/C18H20N2O2.ClH/c1-13-2-6-16(7-3-13)22-17-8-4-15(5-9-17)20-18(21)14-10-11-19-12-14;/h2-9,14,19H,10-12H2,1H3,(H,20,21);1H. The third-order valence-corrected chi connectivity index (χ3v) is 3.81. The number of hydrogen-bond acceptors (Lipinski definition) is 3. The van der Waals surface area contributed by atoms with Crippen molar-refractivity contribution in [1.29, 1.82) is 0 Å². The molecule has 1 fully saturated rings. The molecule has 1 aliphatic heterocycles. The highest BCUT2D eigenvalue weighted by molar-refractivity contribution is 5.92. The molecule has 2 aromatic rings. The van der Waals surface area contributed by atoms with Gasteiger partial charge in [0, 0.05) is 12.2 Å². The van der Waals surface area contributed by atoms with E-state index in [1.807, 2.05) is 55.5 Å². The van der Waals surface area contributed by atoms with Gasteiger partial charge in [0.25, 0.3) is 0 Å². The minimum Gasteiger partial charge on any atom is -0.457 e. The SMILES string of the molecule is Cc1ccc(Oc2ccc(NC(=O)C3CCNC3)cc2)cc1.Cl. The molecule has 1 unspecified atom stereocenters. The highest BCUT2D eigenvalue weighted by Crippen LogP contribution is 2.23. The fraction of sp³-hybridized carbons (Fsp3) is 0.278. The minimum absolute atomic E-state index is 0. The fourth-order valence-corrected chi connectivity index (χ4v) is 2.47. The lowest BCUT2D eigenvalue weighted by Crippen LogP contribution is -2.24. The van der Waals surface area contributed by atoms with Crippen molar-refractivity contribution in [1.82, 2.24) is 5.32 Å². The smallest absolute Gasteiger partial charge is 0.228 e. The average Bonchev–Trinajstić information content (AvgIpc) is 3.06. The summed E-state index contributed by atoms with van der Waals surface area (Å²) in [5, 5.41) is 6.15. The summed E-state index contributed by atoms with van der Waals surface area (Å²) in [6.45, 7) is 3.73. The maximum Gasteiger partial charge on any atom is 0.228 e. The number of carbonyl (C=O) groups is 1. The maximum atomic E-state index is 12.0.